The maximum absolute atomic E-state index is 12.2. The lowest BCUT2D eigenvalue weighted by atomic mass is 10.1. The summed E-state index contributed by atoms with van der Waals surface area (Å²) in [4.78, 5) is 49.0. The summed E-state index contributed by atoms with van der Waals surface area (Å²) in [7, 11) is 0. The van der Waals surface area contributed by atoms with Crippen LogP contribution in [-0.4, -0.2) is 30.3 Å². The van der Waals surface area contributed by atoms with E-state index >= 15 is 0 Å². The Morgan fingerprint density at radius 3 is 2.39 bits per heavy atom. The van der Waals surface area contributed by atoms with Crippen LogP contribution in [0.4, 0.5) is 11.4 Å². The van der Waals surface area contributed by atoms with E-state index in [1.54, 1.807) is 18.2 Å². The molecule has 1 fully saturated rings. The molecule has 2 aromatic carbocycles. The van der Waals surface area contributed by atoms with Crippen LogP contribution in [-0.2, 0) is 19.1 Å². The van der Waals surface area contributed by atoms with Crippen LogP contribution in [0.15, 0.2) is 42.5 Å². The van der Waals surface area contributed by atoms with Crippen LogP contribution in [0.5, 0.6) is 0 Å². The van der Waals surface area contributed by atoms with E-state index in [1.807, 2.05) is 26.0 Å². The zero-order valence-electron chi connectivity index (χ0n) is 15.7. The van der Waals surface area contributed by atoms with Crippen LogP contribution in [0.1, 0.15) is 34.3 Å². The van der Waals surface area contributed by atoms with Gasteiger partial charge < -0.3 is 10.1 Å². The van der Waals surface area contributed by atoms with Crippen LogP contribution < -0.4 is 10.2 Å². The Kier molecular flexibility index (Phi) is 5.54. The second kappa shape index (κ2) is 8.04. The summed E-state index contributed by atoms with van der Waals surface area (Å²) >= 11 is 0. The molecule has 1 aliphatic rings. The Bertz CT molecular complexity index is 951. The van der Waals surface area contributed by atoms with Gasteiger partial charge in [-0.3, -0.25) is 19.3 Å². The lowest BCUT2D eigenvalue weighted by molar-refractivity contribution is -0.121. The average Bonchev–Trinajstić information content (AvgIpc) is 3.01. The molecule has 144 valence electrons. The summed E-state index contributed by atoms with van der Waals surface area (Å²) in [6.45, 7) is 3.46. The summed E-state index contributed by atoms with van der Waals surface area (Å²) < 4.78 is 5.05. The third kappa shape index (κ3) is 4.25. The van der Waals surface area contributed by atoms with Crippen molar-refractivity contribution >= 4 is 35.1 Å². The average molecular weight is 380 g/mol. The highest BCUT2D eigenvalue weighted by Gasteiger charge is 2.30. The number of aryl methyl sites for hydroxylation is 2. The Morgan fingerprint density at radius 1 is 1.00 bits per heavy atom. The van der Waals surface area contributed by atoms with Crippen molar-refractivity contribution in [3.63, 3.8) is 0 Å². The third-order valence-electron chi connectivity index (χ3n) is 4.52. The largest absolute Gasteiger partial charge is 0.452 e. The van der Waals surface area contributed by atoms with Crippen LogP contribution in [0.3, 0.4) is 0 Å². The van der Waals surface area contributed by atoms with Crippen LogP contribution in [0.25, 0.3) is 0 Å². The summed E-state index contributed by atoms with van der Waals surface area (Å²) in [5, 5.41) is 2.67. The summed E-state index contributed by atoms with van der Waals surface area (Å²) in [6, 6.07) is 11.5. The molecular formula is C21H20N2O5. The van der Waals surface area contributed by atoms with E-state index in [-0.39, 0.29) is 30.2 Å². The summed E-state index contributed by atoms with van der Waals surface area (Å²) in [5.41, 5.74) is 3.25. The second-order valence-electron chi connectivity index (χ2n) is 6.60. The number of nitrogens with zero attached hydrogens (tertiary/aromatic N) is 1. The Hall–Kier alpha value is -3.48. The molecule has 0 aliphatic carbocycles. The SMILES string of the molecule is Cc1ccc(NC(=O)COC(=O)c2cccc(N3C(=O)CCC3=O)c2)cc1C. The number of anilines is 2. The van der Waals surface area contributed by atoms with Gasteiger partial charge in [-0.1, -0.05) is 12.1 Å². The van der Waals surface area contributed by atoms with Crippen molar-refractivity contribution in [1.29, 1.82) is 0 Å². The normalized spacial score (nSPS) is 13.6. The van der Waals surface area contributed by atoms with Crippen molar-refractivity contribution < 1.29 is 23.9 Å². The van der Waals surface area contributed by atoms with Gasteiger partial charge in [0.25, 0.3) is 5.91 Å². The molecule has 0 aromatic heterocycles. The number of carbonyl (C=O) groups excluding carboxylic acids is 4. The number of rotatable bonds is 5. The van der Waals surface area contributed by atoms with Gasteiger partial charge in [0.05, 0.1) is 11.3 Å². The molecule has 0 atom stereocenters. The zero-order chi connectivity index (χ0) is 20.3. The number of esters is 1. The first kappa shape index (κ1) is 19.3. The molecule has 28 heavy (non-hydrogen) atoms. The first-order valence-electron chi connectivity index (χ1n) is 8.85. The van der Waals surface area contributed by atoms with E-state index in [0.29, 0.717) is 11.4 Å². The lowest BCUT2D eigenvalue weighted by Gasteiger charge is -2.14. The van der Waals surface area contributed by atoms with Gasteiger partial charge in [0.15, 0.2) is 6.61 Å². The van der Waals surface area contributed by atoms with Gasteiger partial charge in [0, 0.05) is 18.5 Å². The van der Waals surface area contributed by atoms with E-state index in [4.69, 9.17) is 4.74 Å². The van der Waals surface area contributed by atoms with Crippen molar-refractivity contribution in [1.82, 2.24) is 0 Å². The summed E-state index contributed by atoms with van der Waals surface area (Å²) in [6.07, 6.45) is 0.318. The Labute approximate surface area is 162 Å². The van der Waals surface area contributed by atoms with E-state index < -0.39 is 18.5 Å². The van der Waals surface area contributed by atoms with Crippen molar-refractivity contribution in [2.45, 2.75) is 26.7 Å². The zero-order valence-corrected chi connectivity index (χ0v) is 15.7. The highest BCUT2D eigenvalue weighted by atomic mass is 16.5. The highest BCUT2D eigenvalue weighted by molar-refractivity contribution is 6.20. The Morgan fingerprint density at radius 2 is 1.71 bits per heavy atom. The monoisotopic (exact) mass is 380 g/mol. The number of hydrogen-bond acceptors (Lipinski definition) is 5. The highest BCUT2D eigenvalue weighted by Crippen LogP contribution is 2.23. The molecule has 1 N–H and O–H groups in total. The number of nitrogens with one attached hydrogen (secondary N) is 1. The second-order valence-corrected chi connectivity index (χ2v) is 6.60. The molecular weight excluding hydrogens is 360 g/mol. The van der Waals surface area contributed by atoms with Crippen molar-refractivity contribution in [3.05, 3.63) is 59.2 Å². The number of ether oxygens (including phenoxy) is 1. The van der Waals surface area contributed by atoms with Gasteiger partial charge in [-0.2, -0.15) is 0 Å². The van der Waals surface area contributed by atoms with E-state index in [0.717, 1.165) is 16.0 Å². The molecule has 0 saturated carbocycles. The number of imide groups is 1. The van der Waals surface area contributed by atoms with Crippen LogP contribution >= 0.6 is 0 Å². The smallest absolute Gasteiger partial charge is 0.338 e. The molecule has 7 heteroatoms. The number of carbonyl (C=O) groups is 4. The molecule has 1 heterocycles. The van der Waals surface area contributed by atoms with Crippen molar-refractivity contribution in [3.8, 4) is 0 Å². The number of hydrogen-bond donors (Lipinski definition) is 1. The van der Waals surface area contributed by atoms with Gasteiger partial charge >= 0.3 is 5.97 Å². The molecule has 3 rings (SSSR count). The van der Waals surface area contributed by atoms with Crippen molar-refractivity contribution in [2.24, 2.45) is 0 Å². The van der Waals surface area contributed by atoms with Gasteiger partial charge in [-0.05, 0) is 55.3 Å². The molecule has 0 radical (unpaired) electrons. The fourth-order valence-electron chi connectivity index (χ4n) is 2.87. The topological polar surface area (TPSA) is 92.8 Å². The van der Waals surface area contributed by atoms with E-state index in [2.05, 4.69) is 5.32 Å². The van der Waals surface area contributed by atoms with Crippen LogP contribution in [0, 0.1) is 13.8 Å². The quantitative estimate of drug-likeness (QED) is 0.636. The van der Waals surface area contributed by atoms with E-state index in [1.165, 1.54) is 12.1 Å². The molecule has 7 nitrogen and oxygen atoms in total. The fourth-order valence-corrected chi connectivity index (χ4v) is 2.87. The molecule has 0 spiro atoms. The van der Waals surface area contributed by atoms with Gasteiger partial charge in [-0.15, -0.1) is 0 Å². The molecule has 2 aromatic rings. The van der Waals surface area contributed by atoms with Gasteiger partial charge in [-0.25, -0.2) is 4.79 Å². The summed E-state index contributed by atoms with van der Waals surface area (Å²) in [5.74, 6) is -1.78. The lowest BCUT2D eigenvalue weighted by Crippen LogP contribution is -2.28. The maximum Gasteiger partial charge on any atom is 0.338 e. The van der Waals surface area contributed by atoms with Crippen molar-refractivity contribution in [2.75, 3.05) is 16.8 Å². The number of amides is 3. The third-order valence-corrected chi connectivity index (χ3v) is 4.52. The first-order valence-corrected chi connectivity index (χ1v) is 8.85. The standard InChI is InChI=1S/C21H20N2O5/c1-13-6-7-16(10-14(13)2)22-18(24)12-28-21(27)15-4-3-5-17(11-15)23-19(25)8-9-20(23)26/h3-7,10-11H,8-9,12H2,1-2H3,(H,22,24). The van der Waals surface area contributed by atoms with E-state index in [9.17, 15) is 19.2 Å². The molecule has 0 unspecified atom stereocenters. The maximum atomic E-state index is 12.2. The molecule has 0 bridgehead atoms. The first-order chi connectivity index (χ1) is 13.3. The molecule has 3 amide bonds. The molecule has 1 aliphatic heterocycles. The minimum absolute atomic E-state index is 0.156. The Balaban J connectivity index is 1.61. The molecule has 1 saturated heterocycles. The van der Waals surface area contributed by atoms with Crippen LogP contribution in [0.2, 0.25) is 0 Å². The minimum Gasteiger partial charge on any atom is -0.452 e. The van der Waals surface area contributed by atoms with Gasteiger partial charge in [0.1, 0.15) is 0 Å². The number of benzene rings is 2. The predicted molar refractivity (Wildman–Crippen MR) is 103 cm³/mol. The minimum atomic E-state index is -0.712. The predicted octanol–water partition coefficient (Wildman–Crippen LogP) is 2.75. The van der Waals surface area contributed by atoms with Gasteiger partial charge in [0.2, 0.25) is 11.8 Å². The fraction of sp³-hybridized carbons (Fsp3) is 0.238.